The second-order valence-corrected chi connectivity index (χ2v) is 4.40. The van der Waals surface area contributed by atoms with Gasteiger partial charge in [0.25, 0.3) is 5.91 Å². The number of hydrogen-bond acceptors (Lipinski definition) is 2. The quantitative estimate of drug-likeness (QED) is 0.886. The van der Waals surface area contributed by atoms with Crippen molar-refractivity contribution in [1.29, 1.82) is 0 Å². The van der Waals surface area contributed by atoms with Gasteiger partial charge in [-0.05, 0) is 23.8 Å². The lowest BCUT2D eigenvalue weighted by atomic mass is 10.0. The van der Waals surface area contributed by atoms with Crippen molar-refractivity contribution in [1.82, 2.24) is 0 Å². The van der Waals surface area contributed by atoms with E-state index < -0.39 is 11.9 Å². The van der Waals surface area contributed by atoms with Crippen molar-refractivity contribution in [3.05, 3.63) is 65.7 Å². The van der Waals surface area contributed by atoms with Crippen molar-refractivity contribution in [2.24, 2.45) is 5.73 Å². The zero-order valence-corrected chi connectivity index (χ0v) is 10.1. The molecule has 1 aliphatic rings. The SMILES string of the molecule is NC(=O)C1c2ccccc2C(=O)N1c1ccccc1. The molecule has 0 radical (unpaired) electrons. The lowest BCUT2D eigenvalue weighted by Crippen LogP contribution is -2.36. The van der Waals surface area contributed by atoms with Gasteiger partial charge in [-0.3, -0.25) is 14.5 Å². The van der Waals surface area contributed by atoms with E-state index in [2.05, 4.69) is 0 Å². The first-order chi connectivity index (χ1) is 9.20. The van der Waals surface area contributed by atoms with Crippen LogP contribution in [0, 0.1) is 0 Å². The molecule has 2 amide bonds. The van der Waals surface area contributed by atoms with E-state index in [9.17, 15) is 9.59 Å². The van der Waals surface area contributed by atoms with Crippen LogP contribution in [0.4, 0.5) is 5.69 Å². The Kier molecular flexibility index (Phi) is 2.56. The van der Waals surface area contributed by atoms with Crippen molar-refractivity contribution in [2.75, 3.05) is 4.90 Å². The predicted octanol–water partition coefficient (Wildman–Crippen LogP) is 1.87. The Labute approximate surface area is 110 Å². The maximum Gasteiger partial charge on any atom is 0.259 e. The van der Waals surface area contributed by atoms with Gasteiger partial charge in [0.05, 0.1) is 0 Å². The summed E-state index contributed by atoms with van der Waals surface area (Å²) in [7, 11) is 0. The smallest absolute Gasteiger partial charge is 0.259 e. The molecule has 0 saturated carbocycles. The normalized spacial score (nSPS) is 17.4. The van der Waals surface area contributed by atoms with E-state index >= 15 is 0 Å². The monoisotopic (exact) mass is 252 g/mol. The average molecular weight is 252 g/mol. The molecule has 0 aliphatic carbocycles. The molecule has 2 aromatic carbocycles. The summed E-state index contributed by atoms with van der Waals surface area (Å²) in [6, 6.07) is 15.4. The van der Waals surface area contributed by atoms with E-state index in [4.69, 9.17) is 5.73 Å². The summed E-state index contributed by atoms with van der Waals surface area (Å²) in [5.41, 5.74) is 7.35. The number of primary amides is 1. The maximum absolute atomic E-state index is 12.4. The molecule has 19 heavy (non-hydrogen) atoms. The lowest BCUT2D eigenvalue weighted by molar-refractivity contribution is -0.119. The topological polar surface area (TPSA) is 63.4 Å². The van der Waals surface area contributed by atoms with Crippen molar-refractivity contribution < 1.29 is 9.59 Å². The summed E-state index contributed by atoms with van der Waals surface area (Å²) in [5, 5.41) is 0. The Morgan fingerprint density at radius 1 is 1.00 bits per heavy atom. The highest BCUT2D eigenvalue weighted by molar-refractivity contribution is 6.15. The van der Waals surface area contributed by atoms with Gasteiger partial charge in [0.15, 0.2) is 0 Å². The minimum atomic E-state index is -0.730. The van der Waals surface area contributed by atoms with Crippen LogP contribution < -0.4 is 10.6 Å². The molecular weight excluding hydrogens is 240 g/mol. The van der Waals surface area contributed by atoms with Crippen molar-refractivity contribution in [3.63, 3.8) is 0 Å². The minimum Gasteiger partial charge on any atom is -0.368 e. The van der Waals surface area contributed by atoms with Crippen LogP contribution in [0.15, 0.2) is 54.6 Å². The van der Waals surface area contributed by atoms with Gasteiger partial charge in [-0.2, -0.15) is 0 Å². The van der Waals surface area contributed by atoms with Gasteiger partial charge in [-0.1, -0.05) is 36.4 Å². The minimum absolute atomic E-state index is 0.189. The Hall–Kier alpha value is -2.62. The number of amides is 2. The number of fused-ring (bicyclic) bond motifs is 1. The first kappa shape index (κ1) is 11.5. The zero-order valence-electron chi connectivity index (χ0n) is 10.1. The van der Waals surface area contributed by atoms with Crippen LogP contribution in [0.2, 0.25) is 0 Å². The van der Waals surface area contributed by atoms with E-state index in [-0.39, 0.29) is 5.91 Å². The van der Waals surface area contributed by atoms with E-state index in [0.717, 1.165) is 0 Å². The number of nitrogens with two attached hydrogens (primary N) is 1. The fraction of sp³-hybridized carbons (Fsp3) is 0.0667. The average Bonchev–Trinajstić information content (AvgIpc) is 2.74. The number of carbonyl (C=O) groups is 2. The maximum atomic E-state index is 12.4. The summed E-state index contributed by atoms with van der Waals surface area (Å²) >= 11 is 0. The molecule has 3 rings (SSSR count). The fourth-order valence-electron chi connectivity index (χ4n) is 2.45. The molecule has 4 heteroatoms. The molecule has 94 valence electrons. The molecule has 2 aromatic rings. The van der Waals surface area contributed by atoms with Gasteiger partial charge in [-0.25, -0.2) is 0 Å². The molecule has 0 aromatic heterocycles. The number of nitrogens with zero attached hydrogens (tertiary/aromatic N) is 1. The van der Waals surface area contributed by atoms with Crippen LogP contribution in [-0.2, 0) is 4.79 Å². The Morgan fingerprint density at radius 2 is 1.63 bits per heavy atom. The molecule has 0 saturated heterocycles. The van der Waals surface area contributed by atoms with Crippen LogP contribution in [0.5, 0.6) is 0 Å². The largest absolute Gasteiger partial charge is 0.368 e. The standard InChI is InChI=1S/C15H12N2O2/c16-14(18)13-11-8-4-5-9-12(11)15(19)17(13)10-6-2-1-3-7-10/h1-9,13H,(H2,16,18). The third-order valence-corrected chi connectivity index (χ3v) is 3.27. The number of hydrogen-bond donors (Lipinski definition) is 1. The Bertz CT molecular complexity index is 652. The van der Waals surface area contributed by atoms with Crippen molar-refractivity contribution >= 4 is 17.5 Å². The summed E-state index contributed by atoms with van der Waals surface area (Å²) < 4.78 is 0. The number of rotatable bonds is 2. The van der Waals surface area contributed by atoms with E-state index in [1.54, 1.807) is 36.4 Å². The third kappa shape index (κ3) is 1.69. The molecule has 0 fully saturated rings. The van der Waals surface area contributed by atoms with Crippen LogP contribution in [0.25, 0.3) is 0 Å². The highest BCUT2D eigenvalue weighted by atomic mass is 16.2. The van der Waals surface area contributed by atoms with Crippen LogP contribution in [0.1, 0.15) is 22.0 Å². The highest BCUT2D eigenvalue weighted by Gasteiger charge is 2.40. The molecule has 2 N–H and O–H groups in total. The van der Waals surface area contributed by atoms with Gasteiger partial charge in [0.2, 0.25) is 5.91 Å². The van der Waals surface area contributed by atoms with Crippen molar-refractivity contribution in [3.8, 4) is 0 Å². The molecule has 1 aliphatic heterocycles. The highest BCUT2D eigenvalue weighted by Crippen LogP contribution is 2.36. The van der Waals surface area contributed by atoms with Crippen LogP contribution in [0.3, 0.4) is 0 Å². The molecule has 1 unspecified atom stereocenters. The summed E-state index contributed by atoms with van der Waals surface area (Å²) in [5.74, 6) is -0.715. The number of anilines is 1. The predicted molar refractivity (Wildman–Crippen MR) is 71.6 cm³/mol. The second kappa shape index (κ2) is 4.24. The first-order valence-electron chi connectivity index (χ1n) is 5.97. The molecule has 1 heterocycles. The number of benzene rings is 2. The van der Waals surface area contributed by atoms with Crippen LogP contribution in [-0.4, -0.2) is 11.8 Å². The number of carbonyl (C=O) groups excluding carboxylic acids is 2. The lowest BCUT2D eigenvalue weighted by Gasteiger charge is -2.22. The summed E-state index contributed by atoms with van der Waals surface area (Å²) in [6.07, 6.45) is 0. The van der Waals surface area contributed by atoms with Crippen molar-refractivity contribution in [2.45, 2.75) is 6.04 Å². The van der Waals surface area contributed by atoms with Gasteiger partial charge in [-0.15, -0.1) is 0 Å². The van der Waals surface area contributed by atoms with Crippen LogP contribution >= 0.6 is 0 Å². The first-order valence-corrected chi connectivity index (χ1v) is 5.97. The van der Waals surface area contributed by atoms with Gasteiger partial charge < -0.3 is 5.73 Å². The second-order valence-electron chi connectivity index (χ2n) is 4.40. The van der Waals surface area contributed by atoms with Gasteiger partial charge in [0, 0.05) is 11.3 Å². The van der Waals surface area contributed by atoms with Gasteiger partial charge in [0.1, 0.15) is 6.04 Å². The van der Waals surface area contributed by atoms with E-state index in [1.165, 1.54) is 4.90 Å². The molecule has 1 atom stereocenters. The summed E-state index contributed by atoms with van der Waals surface area (Å²) in [6.45, 7) is 0. The molecule has 4 nitrogen and oxygen atoms in total. The molecule has 0 spiro atoms. The fourth-order valence-corrected chi connectivity index (χ4v) is 2.45. The Morgan fingerprint density at radius 3 is 2.32 bits per heavy atom. The number of para-hydroxylation sites is 1. The summed E-state index contributed by atoms with van der Waals surface area (Å²) in [4.78, 5) is 25.6. The van der Waals surface area contributed by atoms with E-state index in [1.807, 2.05) is 18.2 Å². The third-order valence-electron chi connectivity index (χ3n) is 3.27. The van der Waals surface area contributed by atoms with E-state index in [0.29, 0.717) is 16.8 Å². The molecule has 0 bridgehead atoms. The van der Waals surface area contributed by atoms with Gasteiger partial charge >= 0.3 is 0 Å². The molecular formula is C15H12N2O2. The Balaban J connectivity index is 2.17. The zero-order chi connectivity index (χ0) is 13.4.